The maximum Gasteiger partial charge on any atom is 0.306 e. The van der Waals surface area contributed by atoms with Gasteiger partial charge in [-0.05, 0) is 96.3 Å². The molecule has 0 aliphatic carbocycles. The van der Waals surface area contributed by atoms with Crippen LogP contribution in [-0.2, 0) is 57.2 Å². The molecule has 0 aliphatic rings. The number of rotatable bonds is 53. The predicted molar refractivity (Wildman–Crippen MR) is 303 cm³/mol. The normalized spacial score (nSPS) is 13.2. The smallest absolute Gasteiger partial charge is 0.306 e. The minimum atomic E-state index is -0.870. The molecule has 0 bridgehead atoms. The van der Waals surface area contributed by atoms with E-state index in [0.717, 1.165) is 161 Å². The van der Waals surface area contributed by atoms with Crippen molar-refractivity contribution in [1.29, 1.82) is 0 Å². The molecule has 0 aromatic heterocycles. The third-order valence-electron chi connectivity index (χ3n) is 13.2. The van der Waals surface area contributed by atoms with Crippen molar-refractivity contribution in [2.24, 2.45) is 0 Å². The van der Waals surface area contributed by atoms with Crippen molar-refractivity contribution in [3.63, 3.8) is 0 Å². The van der Waals surface area contributed by atoms with E-state index in [-0.39, 0.29) is 80.6 Å². The molecule has 0 fully saturated rings. The van der Waals surface area contributed by atoms with Gasteiger partial charge in [0.25, 0.3) is 0 Å². The third kappa shape index (κ3) is 51.9. The summed E-state index contributed by atoms with van der Waals surface area (Å²) in [6, 6.07) is 0. The first-order chi connectivity index (χ1) is 36.4. The molecule has 0 heterocycles. The van der Waals surface area contributed by atoms with Gasteiger partial charge in [-0.3, -0.25) is 28.8 Å². The molecular weight excluding hydrogens is 949 g/mol. The molecule has 0 spiro atoms. The van der Waals surface area contributed by atoms with E-state index in [0.29, 0.717) is 19.3 Å². The molecule has 0 saturated carbocycles. The Morgan fingerprint density at radius 1 is 0.307 bits per heavy atom. The van der Waals surface area contributed by atoms with E-state index in [1.54, 1.807) is 0 Å². The highest BCUT2D eigenvalue weighted by atomic mass is 16.6. The topological polar surface area (TPSA) is 158 Å². The molecule has 0 aliphatic heterocycles. The molecule has 0 aromatic carbocycles. The molecule has 0 saturated heterocycles. The van der Waals surface area contributed by atoms with E-state index < -0.39 is 12.1 Å². The molecular formula is C63H110O12. The maximum absolute atomic E-state index is 12.9. The lowest BCUT2D eigenvalue weighted by Crippen LogP contribution is -2.30. The second kappa shape index (κ2) is 53.4. The van der Waals surface area contributed by atoms with E-state index in [1.807, 2.05) is 0 Å². The zero-order valence-electron chi connectivity index (χ0n) is 48.7. The van der Waals surface area contributed by atoms with Crippen LogP contribution in [0.2, 0.25) is 0 Å². The second-order valence-electron chi connectivity index (χ2n) is 20.8. The molecule has 75 heavy (non-hydrogen) atoms. The summed E-state index contributed by atoms with van der Waals surface area (Å²) < 4.78 is 33.4. The minimum Gasteiger partial charge on any atom is -0.462 e. The lowest BCUT2D eigenvalue weighted by molar-refractivity contribution is -0.167. The van der Waals surface area contributed by atoms with Crippen LogP contribution in [0.1, 0.15) is 292 Å². The molecule has 0 amide bonds. The lowest BCUT2D eigenvalue weighted by Gasteiger charge is -2.18. The van der Waals surface area contributed by atoms with Crippen LogP contribution < -0.4 is 0 Å². The molecule has 0 aromatic rings. The molecule has 12 nitrogen and oxygen atoms in total. The van der Waals surface area contributed by atoms with Gasteiger partial charge in [-0.15, -0.1) is 0 Å². The van der Waals surface area contributed by atoms with Crippen LogP contribution in [0.15, 0.2) is 36.5 Å². The maximum atomic E-state index is 12.9. The summed E-state index contributed by atoms with van der Waals surface area (Å²) in [5.41, 5.74) is 0. The highest BCUT2D eigenvalue weighted by molar-refractivity contribution is 5.71. The molecule has 3 atom stereocenters. The third-order valence-corrected chi connectivity index (χ3v) is 13.2. The number of carbonyl (C=O) groups is 6. The first kappa shape index (κ1) is 71.0. The van der Waals surface area contributed by atoms with Gasteiger partial charge in [-0.25, -0.2) is 0 Å². The largest absolute Gasteiger partial charge is 0.462 e. The molecule has 0 rings (SSSR count). The van der Waals surface area contributed by atoms with E-state index in [2.05, 4.69) is 57.2 Å². The summed E-state index contributed by atoms with van der Waals surface area (Å²) in [6.45, 7) is 10.7. The zero-order chi connectivity index (χ0) is 55.3. The standard InChI is InChI=1S/C63H110O12/c1-7-10-13-34-43-57(72-54(4)64)46-37-28-22-16-19-25-31-40-49-61(67)70-52-60(75-63(69)51-42-33-27-21-18-24-30-39-48-59(74-56(6)66)45-36-15-12-9-3)53-71-62(68)50-41-32-26-20-17-23-29-38-47-58(73-55(5)65)44-35-14-11-8-2/h28-30,37-39,57-60H,7-27,31-36,40-53H2,1-6H3/b37-28-,38-29-,39-30-. The molecule has 0 radical (unpaired) electrons. The summed E-state index contributed by atoms with van der Waals surface area (Å²) >= 11 is 0. The Balaban J connectivity index is 4.79. The van der Waals surface area contributed by atoms with Gasteiger partial charge >= 0.3 is 35.8 Å². The number of carbonyl (C=O) groups excluding carboxylic acids is 6. The number of unbranched alkanes of at least 4 members (excludes halogenated alkanes) is 24. The van der Waals surface area contributed by atoms with Crippen molar-refractivity contribution < 1.29 is 57.2 Å². The van der Waals surface area contributed by atoms with Crippen molar-refractivity contribution >= 4 is 35.8 Å². The number of hydrogen-bond acceptors (Lipinski definition) is 12. The summed E-state index contributed by atoms with van der Waals surface area (Å²) in [6.07, 6.45) is 48.6. The Bertz CT molecular complexity index is 1430. The van der Waals surface area contributed by atoms with Crippen LogP contribution in [0.5, 0.6) is 0 Å². The van der Waals surface area contributed by atoms with Crippen molar-refractivity contribution in [3.8, 4) is 0 Å². The average Bonchev–Trinajstić information content (AvgIpc) is 3.37. The van der Waals surface area contributed by atoms with E-state index in [9.17, 15) is 28.8 Å². The highest BCUT2D eigenvalue weighted by Crippen LogP contribution is 2.18. The fourth-order valence-corrected chi connectivity index (χ4v) is 8.94. The molecule has 12 heteroatoms. The van der Waals surface area contributed by atoms with Gasteiger partial charge in [0.2, 0.25) is 0 Å². The average molecular weight is 1060 g/mol. The molecule has 0 N–H and O–H groups in total. The van der Waals surface area contributed by atoms with Gasteiger partial charge in [0.05, 0.1) is 0 Å². The number of allylic oxidation sites excluding steroid dienone is 3. The van der Waals surface area contributed by atoms with Gasteiger partial charge in [-0.2, -0.15) is 0 Å². The van der Waals surface area contributed by atoms with Crippen molar-refractivity contribution in [2.45, 2.75) is 316 Å². The fourth-order valence-electron chi connectivity index (χ4n) is 8.94. The Morgan fingerprint density at radius 2 is 0.587 bits per heavy atom. The van der Waals surface area contributed by atoms with Crippen molar-refractivity contribution in [2.75, 3.05) is 13.2 Å². The van der Waals surface area contributed by atoms with E-state index in [4.69, 9.17) is 28.4 Å². The van der Waals surface area contributed by atoms with E-state index >= 15 is 0 Å². The summed E-state index contributed by atoms with van der Waals surface area (Å²) in [5, 5.41) is 0. The van der Waals surface area contributed by atoms with Crippen molar-refractivity contribution in [3.05, 3.63) is 36.5 Å². The molecule has 3 unspecified atom stereocenters. The number of hydrogen-bond donors (Lipinski definition) is 0. The van der Waals surface area contributed by atoms with Gasteiger partial charge in [0.1, 0.15) is 31.5 Å². The highest BCUT2D eigenvalue weighted by Gasteiger charge is 2.20. The van der Waals surface area contributed by atoms with Gasteiger partial charge in [-0.1, -0.05) is 173 Å². The summed E-state index contributed by atoms with van der Waals surface area (Å²) in [7, 11) is 0. The first-order valence-corrected chi connectivity index (χ1v) is 30.4. The van der Waals surface area contributed by atoms with Crippen LogP contribution in [0.3, 0.4) is 0 Å². The quantitative estimate of drug-likeness (QED) is 0.0246. The monoisotopic (exact) mass is 1060 g/mol. The van der Waals surface area contributed by atoms with Crippen LogP contribution in [0.25, 0.3) is 0 Å². The zero-order valence-corrected chi connectivity index (χ0v) is 48.7. The van der Waals surface area contributed by atoms with Crippen LogP contribution >= 0.6 is 0 Å². The Labute approximate surface area is 457 Å². The van der Waals surface area contributed by atoms with Gasteiger partial charge < -0.3 is 28.4 Å². The van der Waals surface area contributed by atoms with Gasteiger partial charge in [0.15, 0.2) is 6.10 Å². The fraction of sp³-hybridized carbons (Fsp3) is 0.810. The Kier molecular flexibility index (Phi) is 50.6. The molecule has 434 valence electrons. The Morgan fingerprint density at radius 3 is 0.893 bits per heavy atom. The number of ether oxygens (including phenoxy) is 6. The van der Waals surface area contributed by atoms with Crippen LogP contribution in [0.4, 0.5) is 0 Å². The van der Waals surface area contributed by atoms with Crippen LogP contribution in [0, 0.1) is 0 Å². The number of esters is 6. The Hall–Kier alpha value is -3.96. The lowest BCUT2D eigenvalue weighted by atomic mass is 10.1. The van der Waals surface area contributed by atoms with Crippen molar-refractivity contribution in [1.82, 2.24) is 0 Å². The first-order valence-electron chi connectivity index (χ1n) is 30.4. The minimum absolute atomic E-state index is 0.0489. The van der Waals surface area contributed by atoms with Crippen LogP contribution in [-0.4, -0.2) is 73.4 Å². The predicted octanol–water partition coefficient (Wildman–Crippen LogP) is 16.7. The SMILES string of the molecule is CCCCCCC(C/C=C\CCCCCCCC(=O)OCC(COC(=O)CCCCCCC/C=C\CC(CCCCCC)OC(C)=O)OC(=O)CCCCCCC/C=C\CC(CCCCCC)OC(C)=O)OC(C)=O. The van der Waals surface area contributed by atoms with E-state index in [1.165, 1.54) is 72.1 Å². The second-order valence-corrected chi connectivity index (χ2v) is 20.8. The summed E-state index contributed by atoms with van der Waals surface area (Å²) in [5.74, 6) is -1.78. The van der Waals surface area contributed by atoms with Gasteiger partial charge in [0, 0.05) is 59.3 Å². The summed E-state index contributed by atoms with van der Waals surface area (Å²) in [4.78, 5) is 73.0.